The van der Waals surface area contributed by atoms with Gasteiger partial charge < -0.3 is 5.32 Å². The summed E-state index contributed by atoms with van der Waals surface area (Å²) in [5, 5.41) is 2.99. The number of hydrazine groups is 1. The standard InChI is InChI=1S/C17H27N3O2/c1-12(2)9-14(11-17(22)20-18)10-16(21)19-13(3)15-7-5-4-6-8-15/h4-8,12-14H,9-11,18H2,1-3H3,(H,19,21)(H,20,22)/t13-,14-/m0/s1. The van der Waals surface area contributed by atoms with E-state index in [1.807, 2.05) is 37.3 Å². The zero-order valence-corrected chi connectivity index (χ0v) is 13.6. The first kappa shape index (κ1) is 18.2. The van der Waals surface area contributed by atoms with Crippen LogP contribution < -0.4 is 16.6 Å². The van der Waals surface area contributed by atoms with Gasteiger partial charge in [0.2, 0.25) is 11.8 Å². The van der Waals surface area contributed by atoms with Crippen molar-refractivity contribution in [3.05, 3.63) is 35.9 Å². The number of carbonyl (C=O) groups is 2. The molecule has 0 unspecified atom stereocenters. The molecular formula is C17H27N3O2. The highest BCUT2D eigenvalue weighted by Gasteiger charge is 2.19. The molecule has 0 radical (unpaired) electrons. The van der Waals surface area contributed by atoms with E-state index in [9.17, 15) is 9.59 Å². The maximum Gasteiger partial charge on any atom is 0.234 e. The molecule has 2 amide bonds. The Bertz CT molecular complexity index is 474. The SMILES string of the molecule is CC(C)C[C@H](CC(=O)NN)CC(=O)N[C@@H](C)c1ccccc1. The molecule has 0 bridgehead atoms. The normalized spacial score (nSPS) is 13.5. The number of nitrogens with two attached hydrogens (primary N) is 1. The van der Waals surface area contributed by atoms with Gasteiger partial charge >= 0.3 is 0 Å². The lowest BCUT2D eigenvalue weighted by molar-refractivity contribution is -0.124. The highest BCUT2D eigenvalue weighted by atomic mass is 16.2. The fourth-order valence-corrected chi connectivity index (χ4v) is 2.61. The Morgan fingerprint density at radius 2 is 1.64 bits per heavy atom. The van der Waals surface area contributed by atoms with Crippen molar-refractivity contribution in [1.29, 1.82) is 0 Å². The van der Waals surface area contributed by atoms with Crippen molar-refractivity contribution in [3.63, 3.8) is 0 Å². The summed E-state index contributed by atoms with van der Waals surface area (Å²) in [5.74, 6) is 5.31. The fraction of sp³-hybridized carbons (Fsp3) is 0.529. The summed E-state index contributed by atoms with van der Waals surface area (Å²) in [5.41, 5.74) is 3.20. The van der Waals surface area contributed by atoms with E-state index in [1.54, 1.807) is 0 Å². The number of carbonyl (C=O) groups excluding carboxylic acids is 2. The van der Waals surface area contributed by atoms with Gasteiger partial charge in [0.25, 0.3) is 0 Å². The van der Waals surface area contributed by atoms with E-state index < -0.39 is 0 Å². The van der Waals surface area contributed by atoms with Crippen molar-refractivity contribution in [1.82, 2.24) is 10.7 Å². The molecule has 5 nitrogen and oxygen atoms in total. The molecule has 1 rings (SSSR count). The second-order valence-corrected chi connectivity index (χ2v) is 6.17. The van der Waals surface area contributed by atoms with E-state index >= 15 is 0 Å². The quantitative estimate of drug-likeness (QED) is 0.391. The summed E-state index contributed by atoms with van der Waals surface area (Å²) in [4.78, 5) is 23.7. The van der Waals surface area contributed by atoms with Gasteiger partial charge in [0.1, 0.15) is 0 Å². The van der Waals surface area contributed by atoms with Crippen molar-refractivity contribution in [2.45, 2.75) is 46.1 Å². The molecule has 2 atom stereocenters. The Morgan fingerprint density at radius 1 is 1.05 bits per heavy atom. The summed E-state index contributed by atoms with van der Waals surface area (Å²) in [6.07, 6.45) is 1.44. The maximum absolute atomic E-state index is 12.2. The minimum absolute atomic E-state index is 0.00604. The number of hydrogen-bond donors (Lipinski definition) is 3. The van der Waals surface area contributed by atoms with Gasteiger partial charge in [0.05, 0.1) is 6.04 Å². The molecule has 5 heteroatoms. The Hall–Kier alpha value is -1.88. The molecule has 0 spiro atoms. The van der Waals surface area contributed by atoms with Gasteiger partial charge in [-0.05, 0) is 30.7 Å². The summed E-state index contributed by atoms with van der Waals surface area (Å²) in [6.45, 7) is 6.12. The minimum atomic E-state index is -0.227. The van der Waals surface area contributed by atoms with Gasteiger partial charge in [-0.3, -0.25) is 15.0 Å². The lowest BCUT2D eigenvalue weighted by Crippen LogP contribution is -2.34. The third-order valence-corrected chi connectivity index (χ3v) is 3.59. The fourth-order valence-electron chi connectivity index (χ4n) is 2.61. The van der Waals surface area contributed by atoms with Crippen LogP contribution in [0, 0.1) is 11.8 Å². The molecule has 0 heterocycles. The Labute approximate surface area is 132 Å². The van der Waals surface area contributed by atoms with Crippen LogP contribution in [0.5, 0.6) is 0 Å². The molecule has 22 heavy (non-hydrogen) atoms. The van der Waals surface area contributed by atoms with Crippen molar-refractivity contribution in [2.75, 3.05) is 0 Å². The Morgan fingerprint density at radius 3 is 2.18 bits per heavy atom. The summed E-state index contributed by atoms with van der Waals surface area (Å²) < 4.78 is 0. The number of hydrogen-bond acceptors (Lipinski definition) is 3. The van der Waals surface area contributed by atoms with Crippen LogP contribution in [0.1, 0.15) is 51.6 Å². The van der Waals surface area contributed by atoms with E-state index in [-0.39, 0.29) is 30.2 Å². The first-order valence-electron chi connectivity index (χ1n) is 7.76. The van der Waals surface area contributed by atoms with Crippen LogP contribution in [0.4, 0.5) is 0 Å². The molecule has 0 aliphatic heterocycles. The highest BCUT2D eigenvalue weighted by molar-refractivity contribution is 5.79. The summed E-state index contributed by atoms with van der Waals surface area (Å²) >= 11 is 0. The molecule has 1 aromatic carbocycles. The molecule has 0 saturated heterocycles. The van der Waals surface area contributed by atoms with E-state index in [0.717, 1.165) is 12.0 Å². The average Bonchev–Trinajstić information content (AvgIpc) is 2.47. The van der Waals surface area contributed by atoms with Gasteiger partial charge in [-0.15, -0.1) is 0 Å². The van der Waals surface area contributed by atoms with Crippen molar-refractivity contribution in [2.24, 2.45) is 17.7 Å². The van der Waals surface area contributed by atoms with Gasteiger partial charge in [0.15, 0.2) is 0 Å². The predicted molar refractivity (Wildman–Crippen MR) is 87.5 cm³/mol. The highest BCUT2D eigenvalue weighted by Crippen LogP contribution is 2.20. The minimum Gasteiger partial charge on any atom is -0.350 e. The van der Waals surface area contributed by atoms with Crippen LogP contribution >= 0.6 is 0 Å². The van der Waals surface area contributed by atoms with Crippen molar-refractivity contribution in [3.8, 4) is 0 Å². The van der Waals surface area contributed by atoms with Crippen LogP contribution in [0.2, 0.25) is 0 Å². The van der Waals surface area contributed by atoms with E-state index in [2.05, 4.69) is 24.6 Å². The summed E-state index contributed by atoms with van der Waals surface area (Å²) in [6, 6.07) is 9.77. The second-order valence-electron chi connectivity index (χ2n) is 6.17. The van der Waals surface area contributed by atoms with Gasteiger partial charge in [-0.25, -0.2) is 5.84 Å². The van der Waals surface area contributed by atoms with Crippen molar-refractivity contribution >= 4 is 11.8 Å². The monoisotopic (exact) mass is 305 g/mol. The third kappa shape index (κ3) is 6.72. The third-order valence-electron chi connectivity index (χ3n) is 3.59. The molecule has 0 saturated carbocycles. The zero-order chi connectivity index (χ0) is 16.5. The van der Waals surface area contributed by atoms with E-state index in [4.69, 9.17) is 5.84 Å². The largest absolute Gasteiger partial charge is 0.350 e. The molecule has 0 fully saturated rings. The van der Waals surface area contributed by atoms with E-state index in [1.165, 1.54) is 0 Å². The van der Waals surface area contributed by atoms with Crippen LogP contribution in [-0.4, -0.2) is 11.8 Å². The first-order chi connectivity index (χ1) is 10.4. The Kier molecular flexibility index (Phi) is 7.60. The maximum atomic E-state index is 12.2. The molecule has 1 aromatic rings. The smallest absolute Gasteiger partial charge is 0.234 e. The molecule has 0 aliphatic rings. The number of benzene rings is 1. The second kappa shape index (κ2) is 9.20. The molecule has 0 aromatic heterocycles. The number of rotatable bonds is 8. The number of amides is 2. The summed E-state index contributed by atoms with van der Waals surface area (Å²) in [7, 11) is 0. The van der Waals surface area contributed by atoms with E-state index in [0.29, 0.717) is 12.3 Å². The lowest BCUT2D eigenvalue weighted by atomic mass is 9.90. The first-order valence-corrected chi connectivity index (χ1v) is 7.76. The van der Waals surface area contributed by atoms with Crippen LogP contribution in [0.25, 0.3) is 0 Å². The molecule has 4 N–H and O–H groups in total. The van der Waals surface area contributed by atoms with Crippen LogP contribution in [0.15, 0.2) is 30.3 Å². The van der Waals surface area contributed by atoms with Gasteiger partial charge in [0, 0.05) is 12.8 Å². The molecule has 0 aliphatic carbocycles. The lowest BCUT2D eigenvalue weighted by Gasteiger charge is -2.20. The Balaban J connectivity index is 2.56. The predicted octanol–water partition coefficient (Wildman–Crippen LogP) is 2.30. The van der Waals surface area contributed by atoms with Gasteiger partial charge in [-0.1, -0.05) is 44.2 Å². The van der Waals surface area contributed by atoms with Crippen LogP contribution in [-0.2, 0) is 9.59 Å². The topological polar surface area (TPSA) is 84.2 Å². The van der Waals surface area contributed by atoms with Crippen LogP contribution in [0.3, 0.4) is 0 Å². The molecule has 122 valence electrons. The number of nitrogens with one attached hydrogen (secondary N) is 2. The molecular weight excluding hydrogens is 278 g/mol. The van der Waals surface area contributed by atoms with Gasteiger partial charge in [-0.2, -0.15) is 0 Å². The van der Waals surface area contributed by atoms with Crippen molar-refractivity contribution < 1.29 is 9.59 Å². The average molecular weight is 305 g/mol. The zero-order valence-electron chi connectivity index (χ0n) is 13.6.